The highest BCUT2D eigenvalue weighted by atomic mass is 79.9. The van der Waals surface area contributed by atoms with Gasteiger partial charge in [0.1, 0.15) is 5.82 Å². The lowest BCUT2D eigenvalue weighted by atomic mass is 9.78. The molecule has 0 spiro atoms. The third-order valence-corrected chi connectivity index (χ3v) is 5.12. The SMILES string of the molecule is Cl.NC1CCCC2CN(Cc3cc(Br)ccc3F)CC12. The molecular formula is C15H21BrClFN2. The molecule has 1 aliphatic carbocycles. The summed E-state index contributed by atoms with van der Waals surface area (Å²) < 4.78 is 14.7. The van der Waals surface area contributed by atoms with Crippen molar-refractivity contribution in [3.05, 3.63) is 34.1 Å². The van der Waals surface area contributed by atoms with Crippen LogP contribution in [0.2, 0.25) is 0 Å². The Bertz CT molecular complexity index is 471. The summed E-state index contributed by atoms with van der Waals surface area (Å²) in [7, 11) is 0. The predicted octanol–water partition coefficient (Wildman–Crippen LogP) is 3.57. The van der Waals surface area contributed by atoms with E-state index < -0.39 is 0 Å². The molecule has 5 heteroatoms. The zero-order valence-corrected chi connectivity index (χ0v) is 13.8. The number of hydrogen-bond donors (Lipinski definition) is 1. The summed E-state index contributed by atoms with van der Waals surface area (Å²) in [6.07, 6.45) is 3.69. The third kappa shape index (κ3) is 3.35. The van der Waals surface area contributed by atoms with Gasteiger partial charge in [0, 0.05) is 35.7 Å². The number of rotatable bonds is 2. The molecule has 3 rings (SSSR count). The van der Waals surface area contributed by atoms with Crippen LogP contribution in [0, 0.1) is 17.7 Å². The first-order valence-electron chi connectivity index (χ1n) is 7.05. The van der Waals surface area contributed by atoms with Gasteiger partial charge in [-0.3, -0.25) is 4.90 Å². The average Bonchev–Trinajstić information content (AvgIpc) is 2.78. The second-order valence-electron chi connectivity index (χ2n) is 5.95. The van der Waals surface area contributed by atoms with Crippen molar-refractivity contribution < 1.29 is 4.39 Å². The smallest absolute Gasteiger partial charge is 0.127 e. The molecule has 2 nitrogen and oxygen atoms in total. The molecule has 0 aromatic heterocycles. The van der Waals surface area contributed by atoms with Gasteiger partial charge in [0.05, 0.1) is 0 Å². The van der Waals surface area contributed by atoms with E-state index in [0.29, 0.717) is 18.5 Å². The van der Waals surface area contributed by atoms with Crippen molar-refractivity contribution in [2.45, 2.75) is 31.8 Å². The molecule has 1 saturated heterocycles. The maximum atomic E-state index is 13.8. The molecule has 3 atom stereocenters. The topological polar surface area (TPSA) is 29.3 Å². The van der Waals surface area contributed by atoms with Gasteiger partial charge in [-0.25, -0.2) is 4.39 Å². The minimum Gasteiger partial charge on any atom is -0.327 e. The summed E-state index contributed by atoms with van der Waals surface area (Å²) in [4.78, 5) is 2.37. The van der Waals surface area contributed by atoms with Crippen LogP contribution in [0.25, 0.3) is 0 Å². The van der Waals surface area contributed by atoms with Gasteiger partial charge in [-0.05, 0) is 42.9 Å². The first kappa shape index (κ1) is 16.2. The second kappa shape index (κ2) is 6.73. The van der Waals surface area contributed by atoms with Crippen molar-refractivity contribution in [2.75, 3.05) is 13.1 Å². The fourth-order valence-corrected chi connectivity index (χ4v) is 4.05. The van der Waals surface area contributed by atoms with E-state index in [-0.39, 0.29) is 18.2 Å². The normalized spacial score (nSPS) is 29.9. The minimum absolute atomic E-state index is 0. The molecule has 1 aromatic rings. The quantitative estimate of drug-likeness (QED) is 0.870. The van der Waals surface area contributed by atoms with Gasteiger partial charge in [-0.1, -0.05) is 22.4 Å². The van der Waals surface area contributed by atoms with Crippen LogP contribution in [0.3, 0.4) is 0 Å². The van der Waals surface area contributed by atoms with E-state index in [2.05, 4.69) is 20.8 Å². The molecule has 2 fully saturated rings. The monoisotopic (exact) mass is 362 g/mol. The van der Waals surface area contributed by atoms with Gasteiger partial charge in [-0.15, -0.1) is 12.4 Å². The van der Waals surface area contributed by atoms with Gasteiger partial charge in [0.2, 0.25) is 0 Å². The standard InChI is InChI=1S/C15H20BrFN2.ClH/c16-12-4-5-14(17)11(6-12)8-19-7-10-2-1-3-15(18)13(10)9-19;/h4-6,10,13,15H,1-3,7-9,18H2;1H. The van der Waals surface area contributed by atoms with Crippen molar-refractivity contribution in [1.82, 2.24) is 4.90 Å². The highest BCUT2D eigenvalue weighted by Gasteiger charge is 2.38. The number of hydrogen-bond acceptors (Lipinski definition) is 2. The second-order valence-corrected chi connectivity index (χ2v) is 6.86. The van der Waals surface area contributed by atoms with Gasteiger partial charge in [0.15, 0.2) is 0 Å². The van der Waals surface area contributed by atoms with Crippen LogP contribution in [0.4, 0.5) is 4.39 Å². The number of likely N-dealkylation sites (tertiary alicyclic amines) is 1. The van der Waals surface area contributed by atoms with Crippen LogP contribution in [0.15, 0.2) is 22.7 Å². The van der Waals surface area contributed by atoms with E-state index in [0.717, 1.165) is 35.5 Å². The van der Waals surface area contributed by atoms with Crippen LogP contribution in [0.5, 0.6) is 0 Å². The lowest BCUT2D eigenvalue weighted by Crippen LogP contribution is -2.38. The molecule has 2 aliphatic rings. The largest absolute Gasteiger partial charge is 0.327 e. The Morgan fingerprint density at radius 3 is 2.85 bits per heavy atom. The van der Waals surface area contributed by atoms with Crippen molar-refractivity contribution >= 4 is 28.3 Å². The Labute approximate surface area is 134 Å². The molecule has 3 unspecified atom stereocenters. The first-order valence-corrected chi connectivity index (χ1v) is 7.84. The lowest BCUT2D eigenvalue weighted by Gasteiger charge is -2.29. The van der Waals surface area contributed by atoms with Gasteiger partial charge in [-0.2, -0.15) is 0 Å². The molecule has 1 heterocycles. The van der Waals surface area contributed by atoms with E-state index >= 15 is 0 Å². The van der Waals surface area contributed by atoms with E-state index in [1.807, 2.05) is 6.07 Å². The van der Waals surface area contributed by atoms with Crippen LogP contribution >= 0.6 is 28.3 Å². The highest BCUT2D eigenvalue weighted by molar-refractivity contribution is 9.10. The fourth-order valence-electron chi connectivity index (χ4n) is 3.64. The summed E-state index contributed by atoms with van der Waals surface area (Å²) in [6.45, 7) is 2.80. The lowest BCUT2D eigenvalue weighted by molar-refractivity contribution is 0.259. The molecule has 0 amide bonds. The number of nitrogens with zero attached hydrogens (tertiary/aromatic N) is 1. The maximum absolute atomic E-state index is 13.8. The third-order valence-electron chi connectivity index (χ3n) is 4.63. The molecule has 1 aliphatic heterocycles. The van der Waals surface area contributed by atoms with Crippen LogP contribution in [-0.4, -0.2) is 24.0 Å². The maximum Gasteiger partial charge on any atom is 0.127 e. The van der Waals surface area contributed by atoms with Crippen molar-refractivity contribution in [1.29, 1.82) is 0 Å². The van der Waals surface area contributed by atoms with Crippen LogP contribution < -0.4 is 5.73 Å². The molecule has 2 N–H and O–H groups in total. The van der Waals surface area contributed by atoms with Gasteiger partial charge < -0.3 is 5.73 Å². The van der Waals surface area contributed by atoms with E-state index in [1.54, 1.807) is 6.07 Å². The summed E-state index contributed by atoms with van der Waals surface area (Å²) in [6, 6.07) is 5.51. The molecular weight excluding hydrogens is 343 g/mol. The van der Waals surface area contributed by atoms with Gasteiger partial charge >= 0.3 is 0 Å². The minimum atomic E-state index is -0.109. The molecule has 1 aromatic carbocycles. The zero-order chi connectivity index (χ0) is 13.4. The number of halogens is 3. The van der Waals surface area contributed by atoms with Crippen LogP contribution in [0.1, 0.15) is 24.8 Å². The molecule has 0 radical (unpaired) electrons. The van der Waals surface area contributed by atoms with Crippen molar-refractivity contribution in [3.63, 3.8) is 0 Å². The van der Waals surface area contributed by atoms with E-state index in [4.69, 9.17) is 5.73 Å². The first-order chi connectivity index (χ1) is 9.13. The molecule has 1 saturated carbocycles. The summed E-state index contributed by atoms with van der Waals surface area (Å²) in [5, 5.41) is 0. The highest BCUT2D eigenvalue weighted by Crippen LogP contribution is 2.36. The Morgan fingerprint density at radius 1 is 1.30 bits per heavy atom. The fraction of sp³-hybridized carbons (Fsp3) is 0.600. The number of benzene rings is 1. The van der Waals surface area contributed by atoms with E-state index in [9.17, 15) is 4.39 Å². The van der Waals surface area contributed by atoms with Crippen LogP contribution in [-0.2, 0) is 6.54 Å². The molecule has 112 valence electrons. The number of fused-ring (bicyclic) bond motifs is 1. The van der Waals surface area contributed by atoms with E-state index in [1.165, 1.54) is 18.9 Å². The Balaban J connectivity index is 0.00000147. The zero-order valence-electron chi connectivity index (χ0n) is 11.4. The Morgan fingerprint density at radius 2 is 2.10 bits per heavy atom. The summed E-state index contributed by atoms with van der Waals surface area (Å²) in [5.41, 5.74) is 7.00. The van der Waals surface area contributed by atoms with Crippen molar-refractivity contribution in [2.24, 2.45) is 17.6 Å². The Kier molecular flexibility index (Phi) is 5.46. The predicted molar refractivity (Wildman–Crippen MR) is 85.4 cm³/mol. The van der Waals surface area contributed by atoms with Gasteiger partial charge in [0.25, 0.3) is 0 Å². The average molecular weight is 364 g/mol. The Hall–Kier alpha value is -0.160. The molecule has 0 bridgehead atoms. The van der Waals surface area contributed by atoms with Crippen molar-refractivity contribution in [3.8, 4) is 0 Å². The number of nitrogens with two attached hydrogens (primary N) is 1. The summed E-state index contributed by atoms with van der Waals surface area (Å²) in [5.74, 6) is 1.23. The molecule has 20 heavy (non-hydrogen) atoms. The summed E-state index contributed by atoms with van der Waals surface area (Å²) >= 11 is 3.41.